The minimum absolute atomic E-state index is 0.124. The lowest BCUT2D eigenvalue weighted by atomic mass is 9.97. The van der Waals surface area contributed by atoms with Crippen LogP contribution in [0.1, 0.15) is 32.3 Å². The zero-order valence-corrected chi connectivity index (χ0v) is 13.2. The first-order valence-electron chi connectivity index (χ1n) is 8.04. The molecule has 0 aliphatic carbocycles. The largest absolute Gasteiger partial charge is 0.396 e. The molecule has 2 rings (SSSR count). The van der Waals surface area contributed by atoms with Crippen molar-refractivity contribution in [3.63, 3.8) is 0 Å². The number of hydrogen-bond acceptors (Lipinski definition) is 3. The van der Waals surface area contributed by atoms with Crippen LogP contribution in [0.25, 0.3) is 0 Å². The van der Waals surface area contributed by atoms with Crippen LogP contribution in [0, 0.1) is 11.7 Å². The van der Waals surface area contributed by atoms with Gasteiger partial charge in [0.05, 0.1) is 5.69 Å². The molecule has 1 N–H and O–H groups in total. The molecule has 0 atom stereocenters. The highest BCUT2D eigenvalue weighted by Crippen LogP contribution is 2.23. The monoisotopic (exact) mass is 294 g/mol. The van der Waals surface area contributed by atoms with Crippen molar-refractivity contribution in [1.82, 2.24) is 4.90 Å². The predicted molar refractivity (Wildman–Crippen MR) is 85.0 cm³/mol. The summed E-state index contributed by atoms with van der Waals surface area (Å²) in [6.07, 6.45) is 2.08. The van der Waals surface area contributed by atoms with Crippen LogP contribution in [0.5, 0.6) is 0 Å². The van der Waals surface area contributed by atoms with Gasteiger partial charge >= 0.3 is 0 Å². The molecule has 1 aliphatic rings. The van der Waals surface area contributed by atoms with Crippen LogP contribution in [0.2, 0.25) is 0 Å². The lowest BCUT2D eigenvalue weighted by Gasteiger charge is -2.31. The molecule has 1 heterocycles. The molecule has 1 saturated heterocycles. The maximum Gasteiger partial charge on any atom is 0.146 e. The number of aliphatic hydroxyl groups is 1. The summed E-state index contributed by atoms with van der Waals surface area (Å²) < 4.78 is 14.3. The van der Waals surface area contributed by atoms with Crippen LogP contribution in [0.4, 0.5) is 10.1 Å². The first kappa shape index (κ1) is 16.2. The van der Waals surface area contributed by atoms with Crippen LogP contribution >= 0.6 is 0 Å². The van der Waals surface area contributed by atoms with Gasteiger partial charge in [0.25, 0.3) is 0 Å². The molecule has 0 bridgehead atoms. The Labute approximate surface area is 127 Å². The van der Waals surface area contributed by atoms with Gasteiger partial charge in [0.2, 0.25) is 0 Å². The summed E-state index contributed by atoms with van der Waals surface area (Å²) in [5.74, 6) is 0.324. The first-order valence-corrected chi connectivity index (χ1v) is 8.04. The Hall–Kier alpha value is -1.13. The molecule has 4 heteroatoms. The van der Waals surface area contributed by atoms with Crippen molar-refractivity contribution in [1.29, 1.82) is 0 Å². The zero-order chi connectivity index (χ0) is 15.2. The third-order valence-corrected chi connectivity index (χ3v) is 4.49. The van der Waals surface area contributed by atoms with Gasteiger partial charge in [-0.1, -0.05) is 6.07 Å². The van der Waals surface area contributed by atoms with Crippen LogP contribution in [0.3, 0.4) is 0 Å². The molecular weight excluding hydrogens is 267 g/mol. The molecule has 3 nitrogen and oxygen atoms in total. The van der Waals surface area contributed by atoms with Gasteiger partial charge in [0, 0.05) is 26.2 Å². The average Bonchev–Trinajstić information content (AvgIpc) is 2.51. The number of rotatable bonds is 6. The predicted octanol–water partition coefficient (Wildman–Crippen LogP) is 2.88. The van der Waals surface area contributed by atoms with Crippen molar-refractivity contribution in [3.05, 3.63) is 29.6 Å². The Balaban J connectivity index is 1.97. The van der Waals surface area contributed by atoms with Crippen molar-refractivity contribution in [3.8, 4) is 0 Å². The number of anilines is 1. The van der Waals surface area contributed by atoms with E-state index in [-0.39, 0.29) is 5.82 Å². The number of halogens is 1. The topological polar surface area (TPSA) is 26.7 Å². The smallest absolute Gasteiger partial charge is 0.146 e. The minimum atomic E-state index is -0.124. The van der Waals surface area contributed by atoms with Gasteiger partial charge in [-0.15, -0.1) is 0 Å². The average molecular weight is 294 g/mol. The SMILES string of the molecule is CCN(CC)c1ccc(CN2CCC(CO)CC2)cc1F. The third-order valence-electron chi connectivity index (χ3n) is 4.49. The normalized spacial score (nSPS) is 17.1. The molecule has 1 aromatic carbocycles. The van der Waals surface area contributed by atoms with Gasteiger partial charge in [-0.3, -0.25) is 4.90 Å². The summed E-state index contributed by atoms with van der Waals surface area (Å²) in [7, 11) is 0. The molecule has 0 amide bonds. The molecule has 1 aromatic rings. The minimum Gasteiger partial charge on any atom is -0.396 e. The second kappa shape index (κ2) is 7.76. The first-order chi connectivity index (χ1) is 10.2. The number of piperidine rings is 1. The van der Waals surface area contributed by atoms with Crippen LogP contribution in [-0.4, -0.2) is 42.8 Å². The van der Waals surface area contributed by atoms with Crippen molar-refractivity contribution in [2.75, 3.05) is 37.7 Å². The van der Waals surface area contributed by atoms with Crippen LogP contribution in [-0.2, 0) is 6.54 Å². The van der Waals surface area contributed by atoms with Crippen molar-refractivity contribution >= 4 is 5.69 Å². The molecule has 0 unspecified atom stereocenters. The number of hydrogen-bond donors (Lipinski definition) is 1. The van der Waals surface area contributed by atoms with Crippen LogP contribution in [0.15, 0.2) is 18.2 Å². The second-order valence-electron chi connectivity index (χ2n) is 5.86. The molecule has 0 aromatic heterocycles. The Morgan fingerprint density at radius 1 is 1.24 bits per heavy atom. The summed E-state index contributed by atoms with van der Waals surface area (Å²) in [5, 5.41) is 9.16. The quantitative estimate of drug-likeness (QED) is 0.874. The van der Waals surface area contributed by atoms with Gasteiger partial charge in [-0.05, 0) is 63.4 Å². The van der Waals surface area contributed by atoms with Gasteiger partial charge in [-0.25, -0.2) is 4.39 Å². The lowest BCUT2D eigenvalue weighted by Crippen LogP contribution is -2.34. The summed E-state index contributed by atoms with van der Waals surface area (Å²) >= 11 is 0. The summed E-state index contributed by atoms with van der Waals surface area (Å²) in [6.45, 7) is 8.80. The number of benzene rings is 1. The van der Waals surface area contributed by atoms with Gasteiger partial charge in [0.1, 0.15) is 5.82 Å². The van der Waals surface area contributed by atoms with E-state index in [2.05, 4.69) is 4.90 Å². The molecular formula is C17H27FN2O. The zero-order valence-electron chi connectivity index (χ0n) is 13.2. The molecule has 1 aliphatic heterocycles. The molecule has 118 valence electrons. The Morgan fingerprint density at radius 2 is 1.90 bits per heavy atom. The van der Waals surface area contributed by atoms with Crippen molar-refractivity contribution in [2.45, 2.75) is 33.2 Å². The highest BCUT2D eigenvalue weighted by atomic mass is 19.1. The maximum atomic E-state index is 14.3. The highest BCUT2D eigenvalue weighted by molar-refractivity contribution is 5.49. The van der Waals surface area contributed by atoms with Gasteiger partial charge in [0.15, 0.2) is 0 Å². The Kier molecular flexibility index (Phi) is 6.00. The van der Waals surface area contributed by atoms with E-state index in [1.165, 1.54) is 0 Å². The van der Waals surface area contributed by atoms with E-state index < -0.39 is 0 Å². The number of likely N-dealkylation sites (tertiary alicyclic amines) is 1. The van der Waals surface area contributed by atoms with E-state index in [4.69, 9.17) is 5.11 Å². The highest BCUT2D eigenvalue weighted by Gasteiger charge is 2.19. The van der Waals surface area contributed by atoms with E-state index in [0.29, 0.717) is 18.2 Å². The summed E-state index contributed by atoms with van der Waals surface area (Å²) in [5.41, 5.74) is 1.73. The molecule has 0 radical (unpaired) electrons. The van der Waals surface area contributed by atoms with Crippen LogP contribution < -0.4 is 4.90 Å². The standard InChI is InChI=1S/C17H27FN2O/c1-3-20(4-2)17-6-5-15(11-16(17)18)12-19-9-7-14(13-21)8-10-19/h5-6,11,14,21H,3-4,7-10,12-13H2,1-2H3. The molecule has 1 fully saturated rings. The third kappa shape index (κ3) is 4.17. The van der Waals surface area contributed by atoms with Gasteiger partial charge in [-0.2, -0.15) is 0 Å². The number of aliphatic hydroxyl groups excluding tert-OH is 1. The maximum absolute atomic E-state index is 14.3. The molecule has 0 saturated carbocycles. The summed E-state index contributed by atoms with van der Waals surface area (Å²) in [6, 6.07) is 5.61. The van der Waals surface area contributed by atoms with Crippen molar-refractivity contribution in [2.24, 2.45) is 5.92 Å². The second-order valence-corrected chi connectivity index (χ2v) is 5.86. The van der Waals surface area contributed by atoms with E-state index in [9.17, 15) is 4.39 Å². The number of nitrogens with zero attached hydrogens (tertiary/aromatic N) is 2. The fourth-order valence-electron chi connectivity index (χ4n) is 3.05. The lowest BCUT2D eigenvalue weighted by molar-refractivity contribution is 0.127. The van der Waals surface area contributed by atoms with E-state index in [1.807, 2.05) is 30.9 Å². The van der Waals surface area contributed by atoms with E-state index in [0.717, 1.165) is 51.1 Å². The van der Waals surface area contributed by atoms with Gasteiger partial charge < -0.3 is 10.0 Å². The molecule has 21 heavy (non-hydrogen) atoms. The van der Waals surface area contributed by atoms with Crippen molar-refractivity contribution < 1.29 is 9.50 Å². The fraction of sp³-hybridized carbons (Fsp3) is 0.647. The fourth-order valence-corrected chi connectivity index (χ4v) is 3.05. The van der Waals surface area contributed by atoms with E-state index >= 15 is 0 Å². The summed E-state index contributed by atoms with van der Waals surface area (Å²) in [4.78, 5) is 4.38. The Bertz CT molecular complexity index is 440. The molecule has 0 spiro atoms. The Morgan fingerprint density at radius 3 is 2.43 bits per heavy atom. The van der Waals surface area contributed by atoms with E-state index in [1.54, 1.807) is 6.07 Å².